The molecule has 1 aromatic carbocycles. The fourth-order valence-electron chi connectivity index (χ4n) is 1.88. The van der Waals surface area contributed by atoms with E-state index < -0.39 is 0 Å². The molecule has 0 radical (unpaired) electrons. The van der Waals surface area contributed by atoms with Crippen LogP contribution in [0.4, 0.5) is 0 Å². The Hall–Kier alpha value is -2.09. The monoisotopic (exact) mass is 208 g/mol. The number of aromatic nitrogens is 2. The maximum absolute atomic E-state index is 4.63. The summed E-state index contributed by atoms with van der Waals surface area (Å²) in [6, 6.07) is 16.5. The van der Waals surface area contributed by atoms with Crippen LogP contribution in [0.2, 0.25) is 0 Å². The average Bonchev–Trinajstić information content (AvgIpc) is 2.82. The van der Waals surface area contributed by atoms with Crippen molar-refractivity contribution in [2.45, 2.75) is 6.42 Å². The average molecular weight is 208 g/mol. The summed E-state index contributed by atoms with van der Waals surface area (Å²) in [6.45, 7) is 0. The van der Waals surface area contributed by atoms with Crippen molar-refractivity contribution in [3.8, 4) is 0 Å². The second-order valence-corrected chi connectivity index (χ2v) is 3.87. The summed E-state index contributed by atoms with van der Waals surface area (Å²) in [7, 11) is 0. The lowest BCUT2D eigenvalue weighted by atomic mass is 10.1. The van der Waals surface area contributed by atoms with E-state index in [4.69, 9.17) is 0 Å². The van der Waals surface area contributed by atoms with Gasteiger partial charge in [0.15, 0.2) is 0 Å². The van der Waals surface area contributed by atoms with E-state index in [2.05, 4.69) is 34.2 Å². The number of pyridine rings is 1. The van der Waals surface area contributed by atoms with Crippen LogP contribution in [0.5, 0.6) is 0 Å². The molecule has 0 fully saturated rings. The van der Waals surface area contributed by atoms with Gasteiger partial charge in [0.2, 0.25) is 0 Å². The highest BCUT2D eigenvalue weighted by Crippen LogP contribution is 2.13. The molecule has 2 aromatic heterocycles. The molecule has 0 unspecified atom stereocenters. The van der Waals surface area contributed by atoms with Crippen LogP contribution in [0, 0.1) is 0 Å². The predicted octanol–water partition coefficient (Wildman–Crippen LogP) is 3.15. The van der Waals surface area contributed by atoms with Crippen LogP contribution in [0.3, 0.4) is 0 Å². The SMILES string of the molecule is c1c[nH]c(Cc2ccc3ccccc3n2)c1. The van der Waals surface area contributed by atoms with Gasteiger partial charge in [0.05, 0.1) is 5.52 Å². The van der Waals surface area contributed by atoms with Crippen molar-refractivity contribution >= 4 is 10.9 Å². The molecule has 2 heterocycles. The van der Waals surface area contributed by atoms with Crippen molar-refractivity contribution in [2.75, 3.05) is 0 Å². The van der Waals surface area contributed by atoms with E-state index in [1.54, 1.807) is 0 Å². The summed E-state index contributed by atoms with van der Waals surface area (Å²) in [5, 5.41) is 1.19. The third kappa shape index (κ3) is 1.70. The highest BCUT2D eigenvalue weighted by atomic mass is 14.7. The zero-order valence-electron chi connectivity index (χ0n) is 8.85. The van der Waals surface area contributed by atoms with Gasteiger partial charge in [-0.2, -0.15) is 0 Å². The Morgan fingerprint density at radius 3 is 2.75 bits per heavy atom. The van der Waals surface area contributed by atoms with Crippen molar-refractivity contribution in [3.63, 3.8) is 0 Å². The van der Waals surface area contributed by atoms with Crippen LogP contribution in [-0.4, -0.2) is 9.97 Å². The predicted molar refractivity (Wildman–Crippen MR) is 65.3 cm³/mol. The number of hydrogen-bond acceptors (Lipinski definition) is 1. The van der Waals surface area contributed by atoms with E-state index in [9.17, 15) is 0 Å². The van der Waals surface area contributed by atoms with Gasteiger partial charge in [-0.3, -0.25) is 4.98 Å². The van der Waals surface area contributed by atoms with Gasteiger partial charge in [0, 0.05) is 29.4 Å². The number of H-pyrrole nitrogens is 1. The fourth-order valence-corrected chi connectivity index (χ4v) is 1.88. The molecule has 0 saturated heterocycles. The Kier molecular flexibility index (Phi) is 2.18. The Bertz CT molecular complexity index is 597. The molecule has 0 atom stereocenters. The normalized spacial score (nSPS) is 10.8. The molecule has 0 spiro atoms. The number of fused-ring (bicyclic) bond motifs is 1. The minimum absolute atomic E-state index is 0.859. The van der Waals surface area contributed by atoms with Gasteiger partial charge in [0.1, 0.15) is 0 Å². The third-order valence-corrected chi connectivity index (χ3v) is 2.69. The number of benzene rings is 1. The first-order chi connectivity index (χ1) is 7.92. The first kappa shape index (κ1) is 9.16. The van der Waals surface area contributed by atoms with Gasteiger partial charge in [-0.25, -0.2) is 0 Å². The molecule has 3 rings (SSSR count). The summed E-state index contributed by atoms with van der Waals surface area (Å²) >= 11 is 0. The lowest BCUT2D eigenvalue weighted by molar-refractivity contribution is 1.05. The molecule has 2 heteroatoms. The molecule has 2 nitrogen and oxygen atoms in total. The van der Waals surface area contributed by atoms with Crippen LogP contribution in [0.1, 0.15) is 11.4 Å². The molecular formula is C14H12N2. The Labute approximate surface area is 94.0 Å². The molecule has 0 aliphatic carbocycles. The third-order valence-electron chi connectivity index (χ3n) is 2.69. The number of para-hydroxylation sites is 1. The van der Waals surface area contributed by atoms with Crippen molar-refractivity contribution < 1.29 is 0 Å². The Morgan fingerprint density at radius 2 is 1.88 bits per heavy atom. The van der Waals surface area contributed by atoms with Crippen LogP contribution in [-0.2, 0) is 6.42 Å². The smallest absolute Gasteiger partial charge is 0.0705 e. The van der Waals surface area contributed by atoms with E-state index in [0.29, 0.717) is 0 Å². The van der Waals surface area contributed by atoms with Gasteiger partial charge < -0.3 is 4.98 Å². The molecule has 3 aromatic rings. The van der Waals surface area contributed by atoms with Gasteiger partial charge >= 0.3 is 0 Å². The number of nitrogens with zero attached hydrogens (tertiary/aromatic N) is 1. The molecule has 0 saturated carbocycles. The summed E-state index contributed by atoms with van der Waals surface area (Å²) in [6.07, 6.45) is 2.80. The number of rotatable bonds is 2. The van der Waals surface area contributed by atoms with E-state index in [0.717, 1.165) is 17.6 Å². The molecule has 0 aliphatic heterocycles. The number of hydrogen-bond donors (Lipinski definition) is 1. The maximum atomic E-state index is 4.63. The summed E-state index contributed by atoms with van der Waals surface area (Å²) < 4.78 is 0. The maximum Gasteiger partial charge on any atom is 0.0705 e. The Morgan fingerprint density at radius 1 is 0.938 bits per heavy atom. The van der Waals surface area contributed by atoms with Crippen LogP contribution >= 0.6 is 0 Å². The summed E-state index contributed by atoms with van der Waals surface area (Å²) in [4.78, 5) is 7.82. The van der Waals surface area contributed by atoms with E-state index >= 15 is 0 Å². The first-order valence-electron chi connectivity index (χ1n) is 5.39. The number of aromatic amines is 1. The van der Waals surface area contributed by atoms with Gasteiger partial charge in [0.25, 0.3) is 0 Å². The standard InChI is InChI=1S/C14H12N2/c1-2-6-14-11(4-1)7-8-13(16-14)10-12-5-3-9-15-12/h1-9,15H,10H2. The molecule has 1 N–H and O–H groups in total. The molecule has 16 heavy (non-hydrogen) atoms. The molecule has 0 bridgehead atoms. The highest BCUT2D eigenvalue weighted by molar-refractivity contribution is 5.78. The number of nitrogens with one attached hydrogen (secondary N) is 1. The van der Waals surface area contributed by atoms with E-state index in [1.165, 1.54) is 11.1 Å². The molecule has 0 amide bonds. The lowest BCUT2D eigenvalue weighted by Gasteiger charge is -2.01. The second-order valence-electron chi connectivity index (χ2n) is 3.87. The highest BCUT2D eigenvalue weighted by Gasteiger charge is 1.99. The molecule has 78 valence electrons. The fraction of sp³-hybridized carbons (Fsp3) is 0.0714. The second kappa shape index (κ2) is 3.81. The van der Waals surface area contributed by atoms with Crippen LogP contribution < -0.4 is 0 Å². The van der Waals surface area contributed by atoms with Crippen molar-refractivity contribution in [2.24, 2.45) is 0 Å². The minimum atomic E-state index is 0.859. The molecular weight excluding hydrogens is 196 g/mol. The topological polar surface area (TPSA) is 28.7 Å². The minimum Gasteiger partial charge on any atom is -0.365 e. The summed E-state index contributed by atoms with van der Waals surface area (Å²) in [5.74, 6) is 0. The summed E-state index contributed by atoms with van der Waals surface area (Å²) in [5.41, 5.74) is 3.36. The van der Waals surface area contributed by atoms with Crippen molar-refractivity contribution in [1.82, 2.24) is 9.97 Å². The van der Waals surface area contributed by atoms with Gasteiger partial charge in [-0.15, -0.1) is 0 Å². The van der Waals surface area contributed by atoms with Gasteiger partial charge in [-0.05, 0) is 24.3 Å². The van der Waals surface area contributed by atoms with E-state index in [-0.39, 0.29) is 0 Å². The lowest BCUT2D eigenvalue weighted by Crippen LogP contribution is -1.92. The Balaban J connectivity index is 1.99. The van der Waals surface area contributed by atoms with Crippen LogP contribution in [0.15, 0.2) is 54.7 Å². The molecule has 0 aliphatic rings. The van der Waals surface area contributed by atoms with Gasteiger partial charge in [-0.1, -0.05) is 24.3 Å². The van der Waals surface area contributed by atoms with E-state index in [1.807, 2.05) is 30.5 Å². The largest absolute Gasteiger partial charge is 0.365 e. The first-order valence-corrected chi connectivity index (χ1v) is 5.39. The quantitative estimate of drug-likeness (QED) is 0.688. The van der Waals surface area contributed by atoms with Crippen molar-refractivity contribution in [3.05, 3.63) is 66.1 Å². The van der Waals surface area contributed by atoms with Crippen LogP contribution in [0.25, 0.3) is 10.9 Å². The zero-order chi connectivity index (χ0) is 10.8. The van der Waals surface area contributed by atoms with Crippen molar-refractivity contribution in [1.29, 1.82) is 0 Å². The zero-order valence-corrected chi connectivity index (χ0v) is 8.85.